The monoisotopic (exact) mass is 365 g/mol. The molecule has 3 aromatic rings. The lowest BCUT2D eigenvalue weighted by atomic mass is 10.2. The molecule has 0 fully saturated rings. The molecule has 0 atom stereocenters. The summed E-state index contributed by atoms with van der Waals surface area (Å²) in [7, 11) is 1.80. The van der Waals surface area contributed by atoms with E-state index in [1.165, 1.54) is 12.1 Å². The number of non-ortho nitro benzene ring substituents is 1. The van der Waals surface area contributed by atoms with Crippen molar-refractivity contribution < 1.29 is 14.1 Å². The fraction of sp³-hybridized carbons (Fsp3) is 0.0714. The van der Waals surface area contributed by atoms with Crippen molar-refractivity contribution in [2.75, 3.05) is 0 Å². The Bertz CT molecular complexity index is 894. The summed E-state index contributed by atoms with van der Waals surface area (Å²) in [6, 6.07) is 6.72. The summed E-state index contributed by atoms with van der Waals surface area (Å²) in [4.78, 5) is 9.94. The van der Waals surface area contributed by atoms with E-state index in [0.29, 0.717) is 10.2 Å². The van der Waals surface area contributed by atoms with E-state index in [2.05, 4.69) is 21.0 Å². The van der Waals surface area contributed by atoms with E-state index in [0.717, 1.165) is 17.0 Å². The summed E-state index contributed by atoms with van der Waals surface area (Å²) in [5, 5.41) is 15.7. The standard InChI is InChI=1S/C14H9BrFN3O3/c1-18-7-8-4-14(10(15)6-12(8)17-18)22-13-3-2-9(19(20)21)5-11(13)16/h2-7H,1H3. The first-order valence-electron chi connectivity index (χ1n) is 6.19. The quantitative estimate of drug-likeness (QED) is 0.515. The van der Waals surface area contributed by atoms with Crippen LogP contribution in [0.5, 0.6) is 11.5 Å². The maximum Gasteiger partial charge on any atom is 0.272 e. The average molecular weight is 366 g/mol. The number of hydrogen-bond donors (Lipinski definition) is 0. The van der Waals surface area contributed by atoms with Gasteiger partial charge in [-0.1, -0.05) is 0 Å². The van der Waals surface area contributed by atoms with Gasteiger partial charge >= 0.3 is 0 Å². The number of nitro benzene ring substituents is 1. The first-order valence-corrected chi connectivity index (χ1v) is 6.98. The highest BCUT2D eigenvalue weighted by molar-refractivity contribution is 9.10. The molecule has 0 N–H and O–H groups in total. The van der Waals surface area contributed by atoms with Crippen molar-refractivity contribution >= 4 is 32.5 Å². The van der Waals surface area contributed by atoms with Gasteiger partial charge in [-0.3, -0.25) is 14.8 Å². The molecule has 22 heavy (non-hydrogen) atoms. The molecule has 0 amide bonds. The van der Waals surface area contributed by atoms with Gasteiger partial charge in [-0.25, -0.2) is 4.39 Å². The van der Waals surface area contributed by atoms with Crippen LogP contribution >= 0.6 is 15.9 Å². The van der Waals surface area contributed by atoms with Gasteiger partial charge in [0.25, 0.3) is 5.69 Å². The van der Waals surface area contributed by atoms with Crippen LogP contribution in [0.1, 0.15) is 0 Å². The van der Waals surface area contributed by atoms with Gasteiger partial charge in [-0.2, -0.15) is 5.10 Å². The van der Waals surface area contributed by atoms with Crippen molar-refractivity contribution in [3.05, 3.63) is 56.9 Å². The third kappa shape index (κ3) is 2.64. The van der Waals surface area contributed by atoms with Gasteiger partial charge in [0.2, 0.25) is 0 Å². The zero-order chi connectivity index (χ0) is 15.9. The minimum absolute atomic E-state index is 0.0884. The first-order chi connectivity index (χ1) is 10.4. The molecule has 0 unspecified atom stereocenters. The highest BCUT2D eigenvalue weighted by Crippen LogP contribution is 2.35. The van der Waals surface area contributed by atoms with Crippen LogP contribution in [0.4, 0.5) is 10.1 Å². The molecule has 8 heteroatoms. The van der Waals surface area contributed by atoms with E-state index >= 15 is 0 Å². The summed E-state index contributed by atoms with van der Waals surface area (Å²) in [5.74, 6) is -0.491. The Morgan fingerprint density at radius 2 is 2.09 bits per heavy atom. The molecule has 0 spiro atoms. The first kappa shape index (κ1) is 14.5. The van der Waals surface area contributed by atoms with Gasteiger partial charge in [-0.15, -0.1) is 0 Å². The average Bonchev–Trinajstić information content (AvgIpc) is 2.80. The summed E-state index contributed by atoms with van der Waals surface area (Å²) >= 11 is 3.34. The number of ether oxygens (including phenoxy) is 1. The fourth-order valence-corrected chi connectivity index (χ4v) is 2.44. The molecule has 0 bridgehead atoms. The number of fused-ring (bicyclic) bond motifs is 1. The molecular weight excluding hydrogens is 357 g/mol. The highest BCUT2D eigenvalue weighted by Gasteiger charge is 2.14. The maximum absolute atomic E-state index is 13.9. The van der Waals surface area contributed by atoms with Gasteiger partial charge in [0, 0.05) is 24.7 Å². The molecule has 112 valence electrons. The van der Waals surface area contributed by atoms with Crippen molar-refractivity contribution in [1.29, 1.82) is 0 Å². The minimum Gasteiger partial charge on any atom is -0.453 e. The normalized spacial score (nSPS) is 10.9. The van der Waals surface area contributed by atoms with E-state index in [1.54, 1.807) is 30.1 Å². The van der Waals surface area contributed by atoms with E-state index in [4.69, 9.17) is 4.74 Å². The van der Waals surface area contributed by atoms with Crippen LogP contribution in [-0.2, 0) is 7.05 Å². The Labute approximate surface area is 132 Å². The van der Waals surface area contributed by atoms with E-state index in [-0.39, 0.29) is 11.4 Å². The summed E-state index contributed by atoms with van der Waals surface area (Å²) < 4.78 is 21.7. The zero-order valence-electron chi connectivity index (χ0n) is 11.3. The SMILES string of the molecule is Cn1cc2cc(Oc3ccc([N+](=O)[O-])cc3F)c(Br)cc2n1. The lowest BCUT2D eigenvalue weighted by molar-refractivity contribution is -0.385. The van der Waals surface area contributed by atoms with Gasteiger partial charge in [-0.05, 0) is 34.1 Å². The lowest BCUT2D eigenvalue weighted by Crippen LogP contribution is -1.93. The number of rotatable bonds is 3. The molecular formula is C14H9BrFN3O3. The number of halogens is 2. The van der Waals surface area contributed by atoms with Crippen molar-refractivity contribution in [1.82, 2.24) is 9.78 Å². The number of benzene rings is 2. The van der Waals surface area contributed by atoms with E-state index in [1.807, 2.05) is 0 Å². The second-order valence-corrected chi connectivity index (χ2v) is 5.47. The molecule has 0 radical (unpaired) electrons. The van der Waals surface area contributed by atoms with Crippen molar-refractivity contribution in [3.8, 4) is 11.5 Å². The number of nitrogens with zero attached hydrogens (tertiary/aromatic N) is 3. The Kier molecular flexibility index (Phi) is 3.53. The largest absolute Gasteiger partial charge is 0.453 e. The summed E-state index contributed by atoms with van der Waals surface area (Å²) in [6.07, 6.45) is 1.81. The minimum atomic E-state index is -0.799. The molecule has 2 aromatic carbocycles. The summed E-state index contributed by atoms with van der Waals surface area (Å²) in [6.45, 7) is 0. The number of aryl methyl sites for hydroxylation is 1. The Balaban J connectivity index is 1.99. The maximum atomic E-state index is 13.9. The second-order valence-electron chi connectivity index (χ2n) is 4.62. The predicted octanol–water partition coefficient (Wildman–Crippen LogP) is 4.18. The second kappa shape index (κ2) is 5.38. The smallest absolute Gasteiger partial charge is 0.272 e. The number of nitro groups is 1. The zero-order valence-corrected chi connectivity index (χ0v) is 12.9. The topological polar surface area (TPSA) is 70.2 Å². The third-order valence-electron chi connectivity index (χ3n) is 3.02. The molecule has 0 aliphatic carbocycles. The van der Waals surface area contributed by atoms with Crippen LogP contribution in [0.25, 0.3) is 10.9 Å². The molecule has 0 aliphatic rings. The van der Waals surface area contributed by atoms with Crippen LogP contribution in [0.3, 0.4) is 0 Å². The Hall–Kier alpha value is -2.48. The van der Waals surface area contributed by atoms with Crippen molar-refractivity contribution in [2.45, 2.75) is 0 Å². The highest BCUT2D eigenvalue weighted by atomic mass is 79.9. The number of aromatic nitrogens is 2. The van der Waals surface area contributed by atoms with E-state index < -0.39 is 10.7 Å². The van der Waals surface area contributed by atoms with Crippen LogP contribution in [0.2, 0.25) is 0 Å². The molecule has 6 nitrogen and oxygen atoms in total. The fourth-order valence-electron chi connectivity index (χ4n) is 2.03. The van der Waals surface area contributed by atoms with Crippen LogP contribution < -0.4 is 4.74 Å². The van der Waals surface area contributed by atoms with E-state index in [9.17, 15) is 14.5 Å². The molecule has 0 aliphatic heterocycles. The summed E-state index contributed by atoms with van der Waals surface area (Å²) in [5.41, 5.74) is 0.442. The van der Waals surface area contributed by atoms with Crippen LogP contribution in [-0.4, -0.2) is 14.7 Å². The molecule has 0 saturated carbocycles. The van der Waals surface area contributed by atoms with Crippen molar-refractivity contribution in [3.63, 3.8) is 0 Å². The lowest BCUT2D eigenvalue weighted by Gasteiger charge is -2.08. The van der Waals surface area contributed by atoms with Gasteiger partial charge < -0.3 is 4.74 Å². The van der Waals surface area contributed by atoms with Crippen molar-refractivity contribution in [2.24, 2.45) is 7.05 Å². The predicted molar refractivity (Wildman–Crippen MR) is 81.5 cm³/mol. The van der Waals surface area contributed by atoms with Gasteiger partial charge in [0.1, 0.15) is 5.75 Å². The van der Waals surface area contributed by atoms with Crippen LogP contribution in [0.15, 0.2) is 41.0 Å². The van der Waals surface area contributed by atoms with Crippen LogP contribution in [0, 0.1) is 15.9 Å². The van der Waals surface area contributed by atoms with Gasteiger partial charge in [0.05, 0.1) is 21.0 Å². The molecule has 0 saturated heterocycles. The molecule has 3 rings (SSSR count). The molecule has 1 heterocycles. The Morgan fingerprint density at radius 3 is 2.77 bits per heavy atom. The molecule has 1 aromatic heterocycles. The number of hydrogen-bond acceptors (Lipinski definition) is 4. The third-order valence-corrected chi connectivity index (χ3v) is 3.64. The Morgan fingerprint density at radius 1 is 1.32 bits per heavy atom. The van der Waals surface area contributed by atoms with Gasteiger partial charge in [0.15, 0.2) is 11.6 Å².